The standard InChI is InChI=1S/C19H28O3/c1-14(2)22-18-12-11-17(13-18)16-9-7-15(8-10-16)5-3-4-6-19(20)21/h7-10,14,17-18H,3-6,11-13H2,1-2H3,(H,20,21). The molecule has 0 radical (unpaired) electrons. The molecule has 22 heavy (non-hydrogen) atoms. The van der Waals surface area contributed by atoms with Crippen molar-refractivity contribution in [2.24, 2.45) is 0 Å². The van der Waals surface area contributed by atoms with Crippen LogP contribution in [-0.2, 0) is 16.0 Å². The SMILES string of the molecule is CC(C)OC1CCC(c2ccc(CCCCC(=O)O)cc2)C1. The Morgan fingerprint density at radius 2 is 1.95 bits per heavy atom. The van der Waals surface area contributed by atoms with E-state index >= 15 is 0 Å². The Morgan fingerprint density at radius 1 is 1.23 bits per heavy atom. The Morgan fingerprint density at radius 3 is 2.59 bits per heavy atom. The van der Waals surface area contributed by atoms with Crippen LogP contribution in [0, 0.1) is 0 Å². The molecule has 0 amide bonds. The van der Waals surface area contributed by atoms with Crippen LogP contribution >= 0.6 is 0 Å². The zero-order valence-corrected chi connectivity index (χ0v) is 13.8. The fraction of sp³-hybridized carbons (Fsp3) is 0.632. The van der Waals surface area contributed by atoms with Gasteiger partial charge in [-0.05, 0) is 69.4 Å². The summed E-state index contributed by atoms with van der Waals surface area (Å²) < 4.78 is 5.92. The number of carboxylic acids is 1. The summed E-state index contributed by atoms with van der Waals surface area (Å²) in [6.07, 6.45) is 7.20. The maximum atomic E-state index is 10.5. The Labute approximate surface area is 133 Å². The van der Waals surface area contributed by atoms with Crippen molar-refractivity contribution in [1.82, 2.24) is 0 Å². The van der Waals surface area contributed by atoms with Gasteiger partial charge in [-0.3, -0.25) is 4.79 Å². The molecule has 2 rings (SSSR count). The van der Waals surface area contributed by atoms with Crippen molar-refractivity contribution >= 4 is 5.97 Å². The van der Waals surface area contributed by atoms with Crippen LogP contribution in [0.5, 0.6) is 0 Å². The van der Waals surface area contributed by atoms with E-state index in [1.807, 2.05) is 0 Å². The summed E-state index contributed by atoms with van der Waals surface area (Å²) in [7, 11) is 0. The van der Waals surface area contributed by atoms with Crippen molar-refractivity contribution in [3.8, 4) is 0 Å². The van der Waals surface area contributed by atoms with E-state index in [1.165, 1.54) is 24.0 Å². The Kier molecular flexibility index (Phi) is 6.44. The van der Waals surface area contributed by atoms with Crippen LogP contribution in [0.15, 0.2) is 24.3 Å². The maximum Gasteiger partial charge on any atom is 0.303 e. The molecule has 2 unspecified atom stereocenters. The lowest BCUT2D eigenvalue weighted by Crippen LogP contribution is -2.14. The number of hydrogen-bond acceptors (Lipinski definition) is 2. The summed E-state index contributed by atoms with van der Waals surface area (Å²) in [5.74, 6) is -0.0698. The van der Waals surface area contributed by atoms with Crippen molar-refractivity contribution in [3.63, 3.8) is 0 Å². The average molecular weight is 304 g/mol. The van der Waals surface area contributed by atoms with Gasteiger partial charge in [0, 0.05) is 6.42 Å². The minimum Gasteiger partial charge on any atom is -0.481 e. The van der Waals surface area contributed by atoms with Crippen LogP contribution in [0.2, 0.25) is 0 Å². The first-order valence-corrected chi connectivity index (χ1v) is 8.50. The molecule has 2 atom stereocenters. The number of aliphatic carboxylic acids is 1. The van der Waals surface area contributed by atoms with Gasteiger partial charge in [0.05, 0.1) is 12.2 Å². The number of hydrogen-bond donors (Lipinski definition) is 1. The Bertz CT molecular complexity index is 464. The summed E-state index contributed by atoms with van der Waals surface area (Å²) >= 11 is 0. The number of unbranched alkanes of at least 4 members (excludes halogenated alkanes) is 1. The van der Waals surface area contributed by atoms with Gasteiger partial charge >= 0.3 is 5.97 Å². The van der Waals surface area contributed by atoms with Gasteiger partial charge in [-0.2, -0.15) is 0 Å². The van der Waals surface area contributed by atoms with Gasteiger partial charge in [-0.15, -0.1) is 0 Å². The molecular weight excluding hydrogens is 276 g/mol. The second-order valence-electron chi connectivity index (χ2n) is 6.66. The molecular formula is C19H28O3. The van der Waals surface area contributed by atoms with Crippen LogP contribution in [0.25, 0.3) is 0 Å². The van der Waals surface area contributed by atoms with E-state index < -0.39 is 5.97 Å². The molecule has 0 spiro atoms. The van der Waals surface area contributed by atoms with Gasteiger partial charge in [0.1, 0.15) is 0 Å². The summed E-state index contributed by atoms with van der Waals surface area (Å²) in [5, 5.41) is 8.63. The molecule has 1 aromatic rings. The van der Waals surface area contributed by atoms with Crippen LogP contribution in [0.4, 0.5) is 0 Å². The van der Waals surface area contributed by atoms with Gasteiger partial charge < -0.3 is 9.84 Å². The summed E-state index contributed by atoms with van der Waals surface area (Å²) in [4.78, 5) is 10.5. The van der Waals surface area contributed by atoms with E-state index in [0.717, 1.165) is 25.7 Å². The topological polar surface area (TPSA) is 46.5 Å². The molecule has 3 heteroatoms. The lowest BCUT2D eigenvalue weighted by molar-refractivity contribution is -0.137. The highest BCUT2D eigenvalue weighted by atomic mass is 16.5. The molecule has 0 bridgehead atoms. The van der Waals surface area contributed by atoms with Crippen LogP contribution in [-0.4, -0.2) is 23.3 Å². The van der Waals surface area contributed by atoms with Crippen molar-refractivity contribution in [2.45, 2.75) is 76.9 Å². The first-order valence-electron chi connectivity index (χ1n) is 8.50. The van der Waals surface area contributed by atoms with Gasteiger partial charge in [0.2, 0.25) is 0 Å². The number of ether oxygens (including phenoxy) is 1. The van der Waals surface area contributed by atoms with Gasteiger partial charge in [-0.25, -0.2) is 0 Å². The van der Waals surface area contributed by atoms with E-state index in [0.29, 0.717) is 18.1 Å². The predicted molar refractivity (Wildman–Crippen MR) is 88.2 cm³/mol. The molecule has 0 aliphatic heterocycles. The summed E-state index contributed by atoms with van der Waals surface area (Å²) in [6.45, 7) is 4.21. The van der Waals surface area contributed by atoms with Crippen LogP contribution in [0.1, 0.15) is 69.4 Å². The number of rotatable bonds is 8. The van der Waals surface area contributed by atoms with Gasteiger partial charge in [0.15, 0.2) is 0 Å². The first kappa shape index (κ1) is 17.0. The smallest absolute Gasteiger partial charge is 0.303 e. The fourth-order valence-corrected chi connectivity index (χ4v) is 3.31. The molecule has 1 aromatic carbocycles. The number of aryl methyl sites for hydroxylation is 1. The third-order valence-corrected chi connectivity index (χ3v) is 4.41. The molecule has 122 valence electrons. The average Bonchev–Trinajstić information content (AvgIpc) is 2.92. The highest BCUT2D eigenvalue weighted by Crippen LogP contribution is 2.36. The quantitative estimate of drug-likeness (QED) is 0.717. The number of carbonyl (C=O) groups is 1. The highest BCUT2D eigenvalue weighted by Gasteiger charge is 2.26. The maximum absolute atomic E-state index is 10.5. The minimum atomic E-state index is -0.699. The minimum absolute atomic E-state index is 0.275. The van der Waals surface area contributed by atoms with E-state index in [9.17, 15) is 4.79 Å². The van der Waals surface area contributed by atoms with Gasteiger partial charge in [0.25, 0.3) is 0 Å². The highest BCUT2D eigenvalue weighted by molar-refractivity contribution is 5.66. The van der Waals surface area contributed by atoms with E-state index in [1.54, 1.807) is 0 Å². The fourth-order valence-electron chi connectivity index (χ4n) is 3.31. The molecule has 1 N–H and O–H groups in total. The first-order chi connectivity index (χ1) is 10.5. The van der Waals surface area contributed by atoms with E-state index in [-0.39, 0.29) is 6.42 Å². The summed E-state index contributed by atoms with van der Waals surface area (Å²) in [5.41, 5.74) is 2.73. The molecule has 3 nitrogen and oxygen atoms in total. The third-order valence-electron chi connectivity index (χ3n) is 4.41. The second kappa shape index (κ2) is 8.33. The van der Waals surface area contributed by atoms with Crippen LogP contribution < -0.4 is 0 Å². The zero-order valence-electron chi connectivity index (χ0n) is 13.8. The largest absolute Gasteiger partial charge is 0.481 e. The molecule has 1 saturated carbocycles. The Hall–Kier alpha value is -1.35. The van der Waals surface area contributed by atoms with Crippen molar-refractivity contribution < 1.29 is 14.6 Å². The molecule has 1 aliphatic carbocycles. The predicted octanol–water partition coefficient (Wildman–Crippen LogP) is 4.55. The van der Waals surface area contributed by atoms with Crippen molar-refractivity contribution in [2.75, 3.05) is 0 Å². The van der Waals surface area contributed by atoms with Crippen LogP contribution in [0.3, 0.4) is 0 Å². The molecule has 0 saturated heterocycles. The normalized spacial score (nSPS) is 21.4. The lowest BCUT2D eigenvalue weighted by Gasteiger charge is -2.15. The molecule has 1 fully saturated rings. The van der Waals surface area contributed by atoms with Crippen molar-refractivity contribution in [3.05, 3.63) is 35.4 Å². The van der Waals surface area contributed by atoms with Gasteiger partial charge in [-0.1, -0.05) is 24.3 Å². The number of carboxylic acid groups (broad SMARTS) is 1. The monoisotopic (exact) mass is 304 g/mol. The zero-order chi connectivity index (χ0) is 15.9. The molecule has 0 aromatic heterocycles. The Balaban J connectivity index is 1.78. The van der Waals surface area contributed by atoms with E-state index in [4.69, 9.17) is 9.84 Å². The summed E-state index contributed by atoms with van der Waals surface area (Å²) in [6, 6.07) is 8.89. The van der Waals surface area contributed by atoms with Crippen molar-refractivity contribution in [1.29, 1.82) is 0 Å². The van der Waals surface area contributed by atoms with E-state index in [2.05, 4.69) is 38.1 Å². The number of benzene rings is 1. The lowest BCUT2D eigenvalue weighted by atomic mass is 9.95. The third kappa shape index (κ3) is 5.45. The second-order valence-corrected chi connectivity index (χ2v) is 6.66. The molecule has 0 heterocycles. The molecule has 1 aliphatic rings.